The molecule has 3 rings (SSSR count). The third-order valence-electron chi connectivity index (χ3n) is 5.70. The lowest BCUT2D eigenvalue weighted by molar-refractivity contribution is -0.274. The van der Waals surface area contributed by atoms with Gasteiger partial charge in [0.05, 0.1) is 12.2 Å². The minimum absolute atomic E-state index is 0.0315. The topological polar surface area (TPSA) is 154 Å². The molecule has 0 aliphatic carbocycles. The molecule has 0 aliphatic rings. The second-order valence-corrected chi connectivity index (χ2v) is 10.7. The van der Waals surface area contributed by atoms with Crippen LogP contribution in [0.15, 0.2) is 72.2 Å². The summed E-state index contributed by atoms with van der Waals surface area (Å²) in [6.45, 7) is -1.39. The molecule has 256 valence electrons. The van der Waals surface area contributed by atoms with Gasteiger partial charge in [-0.05, 0) is 66.8 Å². The third kappa shape index (κ3) is 17.5. The van der Waals surface area contributed by atoms with Crippen molar-refractivity contribution in [3.8, 4) is 11.5 Å². The zero-order chi connectivity index (χ0) is 34.9. The number of unbranched alkanes of at least 4 members (excludes halogenated alkanes) is 1. The molecule has 0 atom stereocenters. The number of carbonyl (C=O) groups is 2. The van der Waals surface area contributed by atoms with Crippen molar-refractivity contribution in [3.63, 3.8) is 0 Å². The predicted molar refractivity (Wildman–Crippen MR) is 164 cm³/mol. The highest BCUT2D eigenvalue weighted by atomic mass is 32.1. The van der Waals surface area contributed by atoms with Gasteiger partial charge in [0, 0.05) is 25.6 Å². The van der Waals surface area contributed by atoms with Crippen LogP contribution in [0, 0.1) is 0 Å². The van der Waals surface area contributed by atoms with Gasteiger partial charge >= 0.3 is 12.5 Å². The number of nitrogens with one attached hydrogen (secondary N) is 2. The van der Waals surface area contributed by atoms with Crippen LogP contribution in [0.3, 0.4) is 0 Å². The molecule has 1 amide bonds. The van der Waals surface area contributed by atoms with Crippen LogP contribution in [0.25, 0.3) is 0 Å². The van der Waals surface area contributed by atoms with Crippen molar-refractivity contribution in [2.45, 2.75) is 51.1 Å². The standard InChI is InChI=1S/C21H27F3N6O2S.C9H7F3O2/c1-27-17(26)10-9-15(25)6-2-3-8-19-29-30-20(33-19)28-18(31)12-14-5-4-7-16(11-14)32-13-21(22,23)24;10-9(11,12)14-8-3-1-2-7(6-8)4-5-13/h4-5,7,9-11,27H,2-3,6,8,12-13,25-26H2,1H3,(H,28,30,31);1-3,5-6H,4H2/b15-9-,17-10+;. The number of nitrogens with zero attached hydrogens (tertiary/aromatic N) is 2. The molecule has 6 N–H and O–H groups in total. The summed E-state index contributed by atoms with van der Waals surface area (Å²) in [5.74, 6) is -0.0777. The van der Waals surface area contributed by atoms with Crippen molar-refractivity contribution in [2.75, 3.05) is 19.0 Å². The number of aromatic nitrogens is 2. The van der Waals surface area contributed by atoms with Gasteiger partial charge in [-0.1, -0.05) is 35.6 Å². The Labute approximate surface area is 270 Å². The Bertz CT molecular complexity index is 1490. The Balaban J connectivity index is 0.000000456. The van der Waals surface area contributed by atoms with Crippen molar-refractivity contribution in [3.05, 3.63) is 88.3 Å². The Morgan fingerprint density at radius 3 is 2.30 bits per heavy atom. The molecule has 0 spiro atoms. The fourth-order valence-corrected chi connectivity index (χ4v) is 4.40. The lowest BCUT2D eigenvalue weighted by Gasteiger charge is -2.10. The van der Waals surface area contributed by atoms with Gasteiger partial charge in [-0.3, -0.25) is 4.79 Å². The highest BCUT2D eigenvalue weighted by Gasteiger charge is 2.31. The normalized spacial score (nSPS) is 12.1. The maximum Gasteiger partial charge on any atom is 0.573 e. The van der Waals surface area contributed by atoms with E-state index in [1.54, 1.807) is 31.3 Å². The van der Waals surface area contributed by atoms with Crippen LogP contribution in [-0.4, -0.2) is 48.6 Å². The van der Waals surface area contributed by atoms with Gasteiger partial charge in [0.2, 0.25) is 11.0 Å². The Hall–Kier alpha value is -4.80. The molecule has 0 bridgehead atoms. The van der Waals surface area contributed by atoms with Gasteiger partial charge in [0.1, 0.15) is 22.8 Å². The summed E-state index contributed by atoms with van der Waals surface area (Å²) in [5.41, 5.74) is 13.3. The molecule has 1 aromatic heterocycles. The lowest BCUT2D eigenvalue weighted by Crippen LogP contribution is -2.19. The number of aryl methyl sites for hydroxylation is 1. The fourth-order valence-electron chi connectivity index (χ4n) is 3.60. The van der Waals surface area contributed by atoms with Gasteiger partial charge in [0.15, 0.2) is 6.61 Å². The zero-order valence-electron chi connectivity index (χ0n) is 25.2. The number of amides is 1. The molecular weight excluding hydrogens is 654 g/mol. The van der Waals surface area contributed by atoms with Crippen LogP contribution in [0.2, 0.25) is 0 Å². The van der Waals surface area contributed by atoms with Gasteiger partial charge in [-0.15, -0.1) is 23.4 Å². The average molecular weight is 689 g/mol. The van der Waals surface area contributed by atoms with Crippen LogP contribution in [0.5, 0.6) is 11.5 Å². The van der Waals surface area contributed by atoms with Crippen molar-refractivity contribution in [1.29, 1.82) is 0 Å². The summed E-state index contributed by atoms with van der Waals surface area (Å²) >= 11 is 1.28. The molecule has 0 radical (unpaired) electrons. The lowest BCUT2D eigenvalue weighted by atomic mass is 10.1. The number of allylic oxidation sites excluding steroid dienone is 3. The number of hydrogen-bond acceptors (Lipinski definition) is 10. The first kappa shape index (κ1) is 38.4. The van der Waals surface area contributed by atoms with Crippen LogP contribution in [-0.2, 0) is 28.9 Å². The predicted octanol–water partition coefficient (Wildman–Crippen LogP) is 5.56. The van der Waals surface area contributed by atoms with E-state index in [4.69, 9.17) is 16.2 Å². The number of benzene rings is 2. The first-order valence-electron chi connectivity index (χ1n) is 13.9. The second-order valence-electron chi connectivity index (χ2n) is 9.66. The number of aldehydes is 1. The molecule has 17 heteroatoms. The zero-order valence-corrected chi connectivity index (χ0v) is 26.0. The monoisotopic (exact) mass is 688 g/mol. The molecule has 0 aliphatic heterocycles. The molecule has 2 aromatic carbocycles. The van der Waals surface area contributed by atoms with Crippen LogP contribution >= 0.6 is 11.3 Å². The minimum Gasteiger partial charge on any atom is -0.484 e. The van der Waals surface area contributed by atoms with E-state index in [0.717, 1.165) is 30.0 Å². The largest absolute Gasteiger partial charge is 0.573 e. The number of rotatable bonds is 15. The Morgan fingerprint density at radius 2 is 1.64 bits per heavy atom. The number of carbonyl (C=O) groups excluding carboxylic acids is 2. The number of hydrogen-bond donors (Lipinski definition) is 4. The molecule has 1 heterocycles. The van der Waals surface area contributed by atoms with E-state index in [-0.39, 0.29) is 30.2 Å². The first-order chi connectivity index (χ1) is 22.2. The van der Waals surface area contributed by atoms with E-state index in [2.05, 4.69) is 25.6 Å². The van der Waals surface area contributed by atoms with E-state index in [1.807, 2.05) is 0 Å². The summed E-state index contributed by atoms with van der Waals surface area (Å²) in [4.78, 5) is 22.4. The maximum absolute atomic E-state index is 12.3. The molecular formula is C30H34F6N6O4S. The summed E-state index contributed by atoms with van der Waals surface area (Å²) in [6, 6.07) is 11.3. The molecule has 0 unspecified atom stereocenters. The smallest absolute Gasteiger partial charge is 0.484 e. The summed E-state index contributed by atoms with van der Waals surface area (Å²) in [6.07, 6.45) is -1.84. The van der Waals surface area contributed by atoms with Crippen molar-refractivity contribution in [2.24, 2.45) is 11.5 Å². The third-order valence-corrected chi connectivity index (χ3v) is 6.60. The van der Waals surface area contributed by atoms with Gasteiger partial charge in [-0.2, -0.15) is 13.2 Å². The van der Waals surface area contributed by atoms with Gasteiger partial charge < -0.3 is 36.4 Å². The molecule has 10 nitrogen and oxygen atoms in total. The minimum atomic E-state index is -4.69. The Kier molecular flexibility index (Phi) is 15.5. The van der Waals surface area contributed by atoms with E-state index < -0.39 is 19.1 Å². The number of anilines is 1. The highest BCUT2D eigenvalue weighted by Crippen LogP contribution is 2.24. The number of alkyl halides is 6. The van der Waals surface area contributed by atoms with Crippen molar-refractivity contribution >= 4 is 28.7 Å². The van der Waals surface area contributed by atoms with E-state index in [1.165, 1.54) is 47.7 Å². The SMILES string of the molecule is CN/C(N)=C/C=C(\N)CCCCc1nnc(NC(=O)Cc2cccc(OCC(F)(F)F)c2)s1.O=CCc1cccc(OC(F)(F)F)c1. The Morgan fingerprint density at radius 1 is 0.957 bits per heavy atom. The van der Waals surface area contributed by atoms with Gasteiger partial charge in [0.25, 0.3) is 0 Å². The van der Waals surface area contributed by atoms with E-state index >= 15 is 0 Å². The molecule has 3 aromatic rings. The summed E-state index contributed by atoms with van der Waals surface area (Å²) in [5, 5.41) is 14.7. The maximum atomic E-state index is 12.3. The van der Waals surface area contributed by atoms with E-state index in [9.17, 15) is 35.9 Å². The average Bonchev–Trinajstić information content (AvgIpc) is 3.43. The first-order valence-corrected chi connectivity index (χ1v) is 14.8. The summed E-state index contributed by atoms with van der Waals surface area (Å²) in [7, 11) is 1.73. The van der Waals surface area contributed by atoms with Crippen LogP contribution < -0.4 is 31.6 Å². The van der Waals surface area contributed by atoms with Crippen LogP contribution in [0.4, 0.5) is 31.5 Å². The second kappa shape index (κ2) is 19.0. The fraction of sp³-hybridized carbons (Fsp3) is 0.333. The number of nitrogens with two attached hydrogens (primary N) is 2. The number of halogens is 6. The molecule has 0 saturated heterocycles. The van der Waals surface area contributed by atoms with E-state index in [0.29, 0.717) is 34.8 Å². The summed E-state index contributed by atoms with van der Waals surface area (Å²) < 4.78 is 80.5. The highest BCUT2D eigenvalue weighted by molar-refractivity contribution is 7.15. The van der Waals surface area contributed by atoms with Crippen molar-refractivity contribution in [1.82, 2.24) is 15.5 Å². The van der Waals surface area contributed by atoms with Gasteiger partial charge in [-0.25, -0.2) is 0 Å². The molecule has 0 saturated carbocycles. The number of ether oxygens (including phenoxy) is 2. The molecule has 47 heavy (non-hydrogen) atoms. The van der Waals surface area contributed by atoms with Crippen molar-refractivity contribution < 1.29 is 45.4 Å². The molecule has 0 fully saturated rings. The quantitative estimate of drug-likeness (QED) is 0.0695. The van der Waals surface area contributed by atoms with Crippen LogP contribution in [0.1, 0.15) is 35.4 Å².